The molecule has 0 unspecified atom stereocenters. The van der Waals surface area contributed by atoms with Gasteiger partial charge in [-0.1, -0.05) is 28.1 Å². The molecular formula is C17H17BrN2O2. The second kappa shape index (κ2) is 7.75. The second-order valence-corrected chi connectivity index (χ2v) is 5.52. The number of hydrazone groups is 1. The normalized spacial score (nSPS) is 11.1. The van der Waals surface area contributed by atoms with Crippen LogP contribution in [0.5, 0.6) is 5.75 Å². The third-order valence-electron chi connectivity index (χ3n) is 3.00. The van der Waals surface area contributed by atoms with E-state index < -0.39 is 0 Å². The van der Waals surface area contributed by atoms with Crippen LogP contribution in [0.15, 0.2) is 58.1 Å². The SMILES string of the molecule is CCOc1ccc(C(=O)N/N=C(\C)c2cccc(Br)c2)cc1. The minimum atomic E-state index is -0.252. The van der Waals surface area contributed by atoms with Gasteiger partial charge in [-0.3, -0.25) is 4.79 Å². The molecule has 0 radical (unpaired) electrons. The summed E-state index contributed by atoms with van der Waals surface area (Å²) < 4.78 is 6.31. The molecular weight excluding hydrogens is 344 g/mol. The van der Waals surface area contributed by atoms with Gasteiger partial charge in [0.1, 0.15) is 5.75 Å². The topological polar surface area (TPSA) is 50.7 Å². The Morgan fingerprint density at radius 3 is 2.55 bits per heavy atom. The fourth-order valence-electron chi connectivity index (χ4n) is 1.85. The summed E-state index contributed by atoms with van der Waals surface area (Å²) in [6.45, 7) is 4.36. The zero-order valence-corrected chi connectivity index (χ0v) is 14.1. The van der Waals surface area contributed by atoms with Gasteiger partial charge in [0.05, 0.1) is 12.3 Å². The lowest BCUT2D eigenvalue weighted by Crippen LogP contribution is -2.19. The van der Waals surface area contributed by atoms with Crippen molar-refractivity contribution >= 4 is 27.5 Å². The first-order chi connectivity index (χ1) is 10.6. The van der Waals surface area contributed by atoms with Crippen molar-refractivity contribution < 1.29 is 9.53 Å². The second-order valence-electron chi connectivity index (χ2n) is 4.61. The summed E-state index contributed by atoms with van der Waals surface area (Å²) in [5, 5.41) is 4.14. The summed E-state index contributed by atoms with van der Waals surface area (Å²) in [4.78, 5) is 12.0. The van der Waals surface area contributed by atoms with Crippen molar-refractivity contribution in [2.24, 2.45) is 5.10 Å². The molecule has 0 aliphatic rings. The Morgan fingerprint density at radius 2 is 1.91 bits per heavy atom. The third-order valence-corrected chi connectivity index (χ3v) is 3.49. The van der Waals surface area contributed by atoms with Crippen LogP contribution >= 0.6 is 15.9 Å². The number of carbonyl (C=O) groups excluding carboxylic acids is 1. The smallest absolute Gasteiger partial charge is 0.271 e. The first-order valence-electron chi connectivity index (χ1n) is 6.93. The molecule has 2 rings (SSSR count). The van der Waals surface area contributed by atoms with E-state index in [1.54, 1.807) is 24.3 Å². The van der Waals surface area contributed by atoms with E-state index in [1.807, 2.05) is 38.1 Å². The number of nitrogens with one attached hydrogen (secondary N) is 1. The highest BCUT2D eigenvalue weighted by Crippen LogP contribution is 2.13. The van der Waals surface area contributed by atoms with Crippen molar-refractivity contribution in [3.8, 4) is 5.75 Å². The van der Waals surface area contributed by atoms with Crippen molar-refractivity contribution in [3.05, 3.63) is 64.1 Å². The summed E-state index contributed by atoms with van der Waals surface area (Å²) in [5.74, 6) is 0.491. The molecule has 22 heavy (non-hydrogen) atoms. The summed E-state index contributed by atoms with van der Waals surface area (Å²) in [7, 11) is 0. The van der Waals surface area contributed by atoms with Gasteiger partial charge in [0.2, 0.25) is 0 Å². The van der Waals surface area contributed by atoms with Crippen LogP contribution in [0.3, 0.4) is 0 Å². The van der Waals surface area contributed by atoms with E-state index in [9.17, 15) is 4.79 Å². The van der Waals surface area contributed by atoms with Crippen molar-refractivity contribution in [1.82, 2.24) is 5.43 Å². The molecule has 0 fully saturated rings. The number of nitrogens with zero attached hydrogens (tertiary/aromatic N) is 1. The molecule has 0 saturated carbocycles. The van der Waals surface area contributed by atoms with Gasteiger partial charge in [0.25, 0.3) is 5.91 Å². The van der Waals surface area contributed by atoms with Crippen LogP contribution in [-0.4, -0.2) is 18.2 Å². The summed E-state index contributed by atoms with van der Waals surface area (Å²) in [6, 6.07) is 14.7. The van der Waals surface area contributed by atoms with Gasteiger partial charge in [-0.15, -0.1) is 0 Å². The van der Waals surface area contributed by atoms with E-state index in [0.29, 0.717) is 12.2 Å². The monoisotopic (exact) mass is 360 g/mol. The maximum absolute atomic E-state index is 12.0. The molecule has 2 aromatic rings. The van der Waals surface area contributed by atoms with Gasteiger partial charge >= 0.3 is 0 Å². The predicted molar refractivity (Wildman–Crippen MR) is 91.4 cm³/mol. The van der Waals surface area contributed by atoms with Crippen LogP contribution in [0.25, 0.3) is 0 Å². The van der Waals surface area contributed by atoms with E-state index >= 15 is 0 Å². The summed E-state index contributed by atoms with van der Waals surface area (Å²) in [5.41, 5.74) is 4.78. The zero-order chi connectivity index (χ0) is 15.9. The van der Waals surface area contributed by atoms with E-state index in [4.69, 9.17) is 4.74 Å². The Balaban J connectivity index is 2.03. The third kappa shape index (κ3) is 4.43. The number of benzene rings is 2. The van der Waals surface area contributed by atoms with Gasteiger partial charge < -0.3 is 4.74 Å². The van der Waals surface area contributed by atoms with E-state index in [1.165, 1.54) is 0 Å². The number of ether oxygens (including phenoxy) is 1. The van der Waals surface area contributed by atoms with E-state index in [-0.39, 0.29) is 5.91 Å². The molecule has 0 aliphatic carbocycles. The molecule has 2 aromatic carbocycles. The highest BCUT2D eigenvalue weighted by molar-refractivity contribution is 9.10. The average Bonchev–Trinajstić information content (AvgIpc) is 2.53. The van der Waals surface area contributed by atoms with Crippen molar-refractivity contribution in [2.75, 3.05) is 6.61 Å². The Hall–Kier alpha value is -2.14. The Bertz CT molecular complexity index is 681. The maximum Gasteiger partial charge on any atom is 0.271 e. The molecule has 1 amide bonds. The van der Waals surface area contributed by atoms with Crippen LogP contribution in [-0.2, 0) is 0 Å². The number of halogens is 1. The molecule has 0 saturated heterocycles. The fraction of sp³-hybridized carbons (Fsp3) is 0.176. The van der Waals surface area contributed by atoms with Crippen LogP contribution in [0.2, 0.25) is 0 Å². The zero-order valence-electron chi connectivity index (χ0n) is 12.5. The molecule has 0 atom stereocenters. The average molecular weight is 361 g/mol. The molecule has 0 spiro atoms. The predicted octanol–water partition coefficient (Wildman–Crippen LogP) is 4.00. The molecule has 5 heteroatoms. The Kier molecular flexibility index (Phi) is 5.72. The number of rotatable bonds is 5. The largest absolute Gasteiger partial charge is 0.494 e. The molecule has 4 nitrogen and oxygen atoms in total. The van der Waals surface area contributed by atoms with Crippen LogP contribution in [0, 0.1) is 0 Å². The minimum Gasteiger partial charge on any atom is -0.494 e. The van der Waals surface area contributed by atoms with Gasteiger partial charge in [0.15, 0.2) is 0 Å². The standard InChI is InChI=1S/C17H17BrN2O2/c1-3-22-16-9-7-13(8-10-16)17(21)20-19-12(2)14-5-4-6-15(18)11-14/h4-11H,3H2,1-2H3,(H,20,21)/b19-12+. The van der Waals surface area contributed by atoms with Gasteiger partial charge in [-0.2, -0.15) is 5.10 Å². The van der Waals surface area contributed by atoms with Crippen LogP contribution in [0.1, 0.15) is 29.8 Å². The number of hydrogen-bond acceptors (Lipinski definition) is 3. The first kappa shape index (κ1) is 16.2. The van der Waals surface area contributed by atoms with Crippen molar-refractivity contribution in [2.45, 2.75) is 13.8 Å². The number of hydrogen-bond donors (Lipinski definition) is 1. The highest BCUT2D eigenvalue weighted by Gasteiger charge is 2.05. The summed E-state index contributed by atoms with van der Waals surface area (Å²) >= 11 is 3.41. The lowest BCUT2D eigenvalue weighted by atomic mass is 10.1. The number of carbonyl (C=O) groups is 1. The molecule has 0 aliphatic heterocycles. The molecule has 0 heterocycles. The molecule has 1 N–H and O–H groups in total. The van der Waals surface area contributed by atoms with E-state index in [0.717, 1.165) is 21.5 Å². The van der Waals surface area contributed by atoms with Crippen LogP contribution in [0.4, 0.5) is 0 Å². The van der Waals surface area contributed by atoms with Gasteiger partial charge in [-0.05, 0) is 55.8 Å². The van der Waals surface area contributed by atoms with Gasteiger partial charge in [-0.25, -0.2) is 5.43 Å². The van der Waals surface area contributed by atoms with Crippen LogP contribution < -0.4 is 10.2 Å². The minimum absolute atomic E-state index is 0.252. The Morgan fingerprint density at radius 1 is 1.18 bits per heavy atom. The summed E-state index contributed by atoms with van der Waals surface area (Å²) in [6.07, 6.45) is 0. The van der Waals surface area contributed by atoms with E-state index in [2.05, 4.69) is 26.5 Å². The lowest BCUT2D eigenvalue weighted by Gasteiger charge is -2.05. The molecule has 0 aromatic heterocycles. The maximum atomic E-state index is 12.0. The molecule has 114 valence electrons. The fourth-order valence-corrected chi connectivity index (χ4v) is 2.25. The molecule has 0 bridgehead atoms. The first-order valence-corrected chi connectivity index (χ1v) is 7.73. The Labute approximate surface area is 138 Å². The lowest BCUT2D eigenvalue weighted by molar-refractivity contribution is 0.0955. The van der Waals surface area contributed by atoms with Gasteiger partial charge in [0, 0.05) is 10.0 Å². The number of amides is 1. The van der Waals surface area contributed by atoms with Crippen molar-refractivity contribution in [3.63, 3.8) is 0 Å². The van der Waals surface area contributed by atoms with Crippen molar-refractivity contribution in [1.29, 1.82) is 0 Å². The quantitative estimate of drug-likeness (QED) is 0.646. The highest BCUT2D eigenvalue weighted by atomic mass is 79.9.